The Morgan fingerprint density at radius 3 is 2.52 bits per heavy atom. The second-order valence-corrected chi connectivity index (χ2v) is 13.2. The third-order valence-corrected chi connectivity index (χ3v) is 10.7. The van der Waals surface area contributed by atoms with E-state index in [1.54, 1.807) is 19.1 Å². The number of carbonyl (C=O) groups is 4. The lowest BCUT2D eigenvalue weighted by Gasteiger charge is -2.49. The van der Waals surface area contributed by atoms with Gasteiger partial charge in [-0.1, -0.05) is 30.2 Å². The highest BCUT2D eigenvalue weighted by Gasteiger charge is 2.67. The molecule has 3 fully saturated rings. The van der Waals surface area contributed by atoms with Gasteiger partial charge in [-0.3, -0.25) is 24.1 Å². The Labute approximate surface area is 261 Å². The molecule has 0 bridgehead atoms. The first-order chi connectivity index (χ1) is 19.9. The highest BCUT2D eigenvalue weighted by molar-refractivity contribution is 14.1. The van der Waals surface area contributed by atoms with Gasteiger partial charge in [0.15, 0.2) is 11.5 Å². The Morgan fingerprint density at radius 2 is 1.86 bits per heavy atom. The van der Waals surface area contributed by atoms with Crippen LogP contribution < -0.4 is 9.64 Å². The summed E-state index contributed by atoms with van der Waals surface area (Å²) in [6.45, 7) is 4.00. The number of fused-ring (bicyclic) bond motifs is 4. The Hall–Kier alpha value is -2.99. The van der Waals surface area contributed by atoms with Crippen LogP contribution in [0.15, 0.2) is 42.0 Å². The fourth-order valence-electron chi connectivity index (χ4n) is 7.69. The van der Waals surface area contributed by atoms with Gasteiger partial charge in [-0.05, 0) is 90.6 Å². The molecule has 4 amide bonds. The number of amides is 4. The quantitative estimate of drug-likeness (QED) is 0.253. The molecule has 42 heavy (non-hydrogen) atoms. The standard InChI is InChI=1S/C31H29ClFIN2O6/c1-4-9-35-27(38)17-7-6-16-18(24(17)29(35)40)13-19-28(39)36(15-5-8-21(33)20(32)12-15)30(41)31(19,2)25(16)14-10-22(34)26(37)23(11-14)42-3/h5-6,8,10-12,17-19,24-25,37H,4,7,9,13H2,1-3H3/t17-,18+,19-,24-,25-,31+/m0/s1. The largest absolute Gasteiger partial charge is 0.504 e. The monoisotopic (exact) mass is 706 g/mol. The number of hydrogen-bond acceptors (Lipinski definition) is 6. The molecule has 6 atom stereocenters. The van der Waals surface area contributed by atoms with Crippen LogP contribution >= 0.6 is 34.2 Å². The van der Waals surface area contributed by atoms with Crippen LogP contribution in [0.25, 0.3) is 0 Å². The van der Waals surface area contributed by atoms with E-state index in [0.717, 1.165) is 16.5 Å². The van der Waals surface area contributed by atoms with Gasteiger partial charge < -0.3 is 9.84 Å². The number of anilines is 1. The Balaban J connectivity index is 1.54. The van der Waals surface area contributed by atoms with Crippen molar-refractivity contribution in [3.05, 3.63) is 62.0 Å². The molecule has 0 unspecified atom stereocenters. The molecule has 11 heteroatoms. The topological polar surface area (TPSA) is 104 Å². The van der Waals surface area contributed by atoms with Gasteiger partial charge in [0.2, 0.25) is 23.6 Å². The maximum absolute atomic E-state index is 14.4. The third kappa shape index (κ3) is 3.97. The summed E-state index contributed by atoms with van der Waals surface area (Å²) >= 11 is 8.04. The lowest BCUT2D eigenvalue weighted by atomic mass is 9.51. The number of phenolic OH excluding ortho intramolecular Hbond substituents is 1. The van der Waals surface area contributed by atoms with Crippen molar-refractivity contribution in [2.75, 3.05) is 18.6 Å². The molecule has 4 aliphatic rings. The minimum Gasteiger partial charge on any atom is -0.504 e. The van der Waals surface area contributed by atoms with Crippen LogP contribution in [0.2, 0.25) is 5.02 Å². The number of aromatic hydroxyl groups is 1. The lowest BCUT2D eigenvalue weighted by molar-refractivity contribution is -0.140. The van der Waals surface area contributed by atoms with Crippen molar-refractivity contribution in [2.24, 2.45) is 29.1 Å². The van der Waals surface area contributed by atoms with E-state index in [-0.39, 0.29) is 40.4 Å². The van der Waals surface area contributed by atoms with E-state index in [4.69, 9.17) is 16.3 Å². The van der Waals surface area contributed by atoms with Crippen LogP contribution in [0.3, 0.4) is 0 Å². The molecule has 220 valence electrons. The van der Waals surface area contributed by atoms with Gasteiger partial charge in [-0.15, -0.1) is 0 Å². The van der Waals surface area contributed by atoms with Gasteiger partial charge >= 0.3 is 0 Å². The van der Waals surface area contributed by atoms with Crippen molar-refractivity contribution in [2.45, 2.75) is 39.0 Å². The number of carbonyl (C=O) groups excluding carboxylic acids is 4. The van der Waals surface area contributed by atoms with E-state index in [9.17, 15) is 28.7 Å². The molecule has 1 saturated carbocycles. The molecule has 0 aromatic heterocycles. The third-order valence-electron chi connectivity index (χ3n) is 9.58. The summed E-state index contributed by atoms with van der Waals surface area (Å²) in [4.78, 5) is 58.1. The minimum atomic E-state index is -1.28. The average Bonchev–Trinajstić information content (AvgIpc) is 3.31. The molecular formula is C31H29ClFIN2O6. The molecule has 0 spiro atoms. The van der Waals surface area contributed by atoms with Gasteiger partial charge in [-0.25, -0.2) is 9.29 Å². The van der Waals surface area contributed by atoms with Crippen LogP contribution in [0.5, 0.6) is 11.5 Å². The number of ether oxygens (including phenoxy) is 1. The van der Waals surface area contributed by atoms with Crippen LogP contribution in [-0.4, -0.2) is 47.3 Å². The van der Waals surface area contributed by atoms with Gasteiger partial charge in [0, 0.05) is 12.5 Å². The van der Waals surface area contributed by atoms with E-state index in [1.807, 2.05) is 35.6 Å². The summed E-state index contributed by atoms with van der Waals surface area (Å²) in [5, 5.41) is 10.4. The van der Waals surface area contributed by atoms with Crippen molar-refractivity contribution in [3.8, 4) is 11.5 Å². The predicted octanol–water partition coefficient (Wildman–Crippen LogP) is 5.44. The van der Waals surface area contributed by atoms with E-state index in [1.165, 1.54) is 24.1 Å². The molecule has 2 saturated heterocycles. The smallest absolute Gasteiger partial charge is 0.241 e. The van der Waals surface area contributed by atoms with Crippen molar-refractivity contribution >= 4 is 63.5 Å². The number of imide groups is 2. The SMILES string of the molecule is CCCN1C(=O)[C@H]2[C@H](CC=C3[C@H]2C[C@H]2C(=O)N(c4ccc(F)c(Cl)c4)C(=O)[C@@]2(C)[C@H]3c2cc(I)c(O)c(OC)c2)C1=O. The van der Waals surface area contributed by atoms with Gasteiger partial charge in [-0.2, -0.15) is 0 Å². The number of methoxy groups -OCH3 is 1. The average molecular weight is 707 g/mol. The summed E-state index contributed by atoms with van der Waals surface area (Å²) in [7, 11) is 1.43. The number of phenols is 1. The summed E-state index contributed by atoms with van der Waals surface area (Å²) in [5.41, 5.74) is 0.364. The zero-order valence-electron chi connectivity index (χ0n) is 23.2. The molecule has 1 N–H and O–H groups in total. The number of nitrogens with zero attached hydrogens (tertiary/aromatic N) is 2. The Morgan fingerprint density at radius 1 is 1.12 bits per heavy atom. The summed E-state index contributed by atoms with van der Waals surface area (Å²) in [6, 6.07) is 7.16. The van der Waals surface area contributed by atoms with Crippen LogP contribution in [0.1, 0.15) is 44.6 Å². The van der Waals surface area contributed by atoms with E-state index >= 15 is 0 Å². The lowest BCUT2D eigenvalue weighted by Crippen LogP contribution is -2.48. The number of allylic oxidation sites excluding steroid dienone is 2. The van der Waals surface area contributed by atoms with Crippen molar-refractivity contribution in [1.82, 2.24) is 4.90 Å². The van der Waals surface area contributed by atoms with Gasteiger partial charge in [0.1, 0.15) is 5.82 Å². The number of likely N-dealkylation sites (tertiary alicyclic amines) is 1. The first kappa shape index (κ1) is 29.1. The summed E-state index contributed by atoms with van der Waals surface area (Å²) in [6.07, 6.45) is 3.17. The first-order valence-corrected chi connectivity index (χ1v) is 15.4. The fourth-order valence-corrected chi connectivity index (χ4v) is 8.49. The van der Waals surface area contributed by atoms with Gasteiger partial charge in [0.05, 0.1) is 44.6 Å². The fraction of sp³-hybridized carbons (Fsp3) is 0.419. The second-order valence-electron chi connectivity index (χ2n) is 11.6. The molecular weight excluding hydrogens is 678 g/mol. The summed E-state index contributed by atoms with van der Waals surface area (Å²) in [5.74, 6) is -4.94. The van der Waals surface area contributed by atoms with E-state index in [0.29, 0.717) is 28.5 Å². The highest BCUT2D eigenvalue weighted by atomic mass is 127. The maximum Gasteiger partial charge on any atom is 0.241 e. The van der Waals surface area contributed by atoms with Crippen LogP contribution in [0, 0.1) is 38.5 Å². The molecule has 2 heterocycles. The Kier molecular flexibility index (Phi) is 7.15. The zero-order chi connectivity index (χ0) is 30.2. The van der Waals surface area contributed by atoms with Crippen LogP contribution in [-0.2, 0) is 19.2 Å². The Bertz CT molecular complexity index is 1600. The van der Waals surface area contributed by atoms with Gasteiger partial charge in [0.25, 0.3) is 0 Å². The molecule has 8 nitrogen and oxygen atoms in total. The molecule has 2 aromatic rings. The van der Waals surface area contributed by atoms with E-state index in [2.05, 4.69) is 0 Å². The number of rotatable bonds is 5. The normalized spacial score (nSPS) is 30.3. The number of hydrogen-bond donors (Lipinski definition) is 1. The minimum absolute atomic E-state index is 0.0446. The molecule has 6 rings (SSSR count). The molecule has 2 aliphatic carbocycles. The van der Waals surface area contributed by atoms with Crippen molar-refractivity contribution < 1.29 is 33.4 Å². The maximum atomic E-state index is 14.4. The van der Waals surface area contributed by atoms with E-state index < -0.39 is 52.6 Å². The second kappa shape index (κ2) is 10.3. The molecule has 2 aromatic carbocycles. The molecule has 0 radical (unpaired) electrons. The molecule has 2 aliphatic heterocycles. The van der Waals surface area contributed by atoms with Crippen molar-refractivity contribution in [1.29, 1.82) is 0 Å². The first-order valence-electron chi connectivity index (χ1n) is 13.9. The number of halogens is 3. The summed E-state index contributed by atoms with van der Waals surface area (Å²) < 4.78 is 20.0. The highest BCUT2D eigenvalue weighted by Crippen LogP contribution is 2.64. The van der Waals surface area contributed by atoms with Crippen LogP contribution in [0.4, 0.5) is 10.1 Å². The zero-order valence-corrected chi connectivity index (χ0v) is 26.1. The predicted molar refractivity (Wildman–Crippen MR) is 160 cm³/mol. The van der Waals surface area contributed by atoms with Crippen molar-refractivity contribution in [3.63, 3.8) is 0 Å². The number of benzene rings is 2.